The highest BCUT2D eigenvalue weighted by atomic mass is 16.7. The molecule has 5 N–H and O–H groups in total. The Morgan fingerprint density at radius 3 is 2.49 bits per heavy atom. The Morgan fingerprint density at radius 2 is 1.80 bits per heavy atom. The number of allylic oxidation sites excluding steroid dienone is 1. The Hall–Kier alpha value is -1.36. The zero-order valence-electron chi connectivity index (χ0n) is 20.5. The average Bonchev–Trinajstić information content (AvgIpc) is 3.03. The van der Waals surface area contributed by atoms with Crippen LogP contribution in [0.2, 0.25) is 0 Å². The fourth-order valence-corrected chi connectivity index (χ4v) is 8.69. The minimum atomic E-state index is -1.67. The molecule has 0 amide bonds. The van der Waals surface area contributed by atoms with Crippen LogP contribution in [0.15, 0.2) is 12.2 Å². The maximum Gasteiger partial charge on any atom is 0.314 e. The minimum Gasteiger partial charge on any atom is -0.432 e. The van der Waals surface area contributed by atoms with Crippen molar-refractivity contribution in [2.45, 2.75) is 102 Å². The van der Waals surface area contributed by atoms with Crippen LogP contribution in [0.1, 0.15) is 65.2 Å². The van der Waals surface area contributed by atoms with Crippen molar-refractivity contribution in [2.75, 3.05) is 6.61 Å². The van der Waals surface area contributed by atoms with Gasteiger partial charge in [0.15, 0.2) is 5.78 Å². The minimum absolute atomic E-state index is 0.0154. The van der Waals surface area contributed by atoms with E-state index < -0.39 is 65.1 Å². The molecule has 1 aliphatic heterocycles. The predicted molar refractivity (Wildman–Crippen MR) is 122 cm³/mol. The molecule has 0 aromatic rings. The summed E-state index contributed by atoms with van der Waals surface area (Å²) < 4.78 is 11.0. The van der Waals surface area contributed by atoms with Crippen LogP contribution < -0.4 is 0 Å². The molecule has 0 aromatic heterocycles. The molecule has 5 fully saturated rings. The van der Waals surface area contributed by atoms with E-state index in [-0.39, 0.29) is 17.6 Å². The van der Waals surface area contributed by atoms with Gasteiger partial charge in [-0.1, -0.05) is 19.9 Å². The van der Waals surface area contributed by atoms with E-state index in [1.807, 2.05) is 13.8 Å². The Balaban J connectivity index is 1.44. The Labute approximate surface area is 205 Å². The first-order valence-corrected chi connectivity index (χ1v) is 12.8. The van der Waals surface area contributed by atoms with Gasteiger partial charge < -0.3 is 35.0 Å². The zero-order chi connectivity index (χ0) is 25.6. The third kappa shape index (κ3) is 3.09. The monoisotopic (exact) mass is 494 g/mol. The molecule has 9 heteroatoms. The molecule has 11 atom stereocenters. The number of ether oxygens (including phenoxy) is 2. The van der Waals surface area contributed by atoms with Crippen molar-refractivity contribution >= 4 is 11.8 Å². The number of fused-ring (bicyclic) bond motifs is 3. The summed E-state index contributed by atoms with van der Waals surface area (Å²) >= 11 is 0. The summed E-state index contributed by atoms with van der Waals surface area (Å²) in [5, 5.41) is 52.3. The topological polar surface area (TPSA) is 154 Å². The van der Waals surface area contributed by atoms with E-state index in [1.165, 1.54) is 0 Å². The SMILES string of the molecule is C=C1C(=O)[C@]23CC[C@@H]4[C@](C)(CCC[C@]4(C)C(=O)O[C@H]4O[C@@H](CO)[C@H](O)[C@@H](O)[C@@H]4O)[C@@]2(O)CC[C@H]1C3. The van der Waals surface area contributed by atoms with Gasteiger partial charge in [0.2, 0.25) is 6.29 Å². The van der Waals surface area contributed by atoms with Gasteiger partial charge in [0.25, 0.3) is 0 Å². The lowest BCUT2D eigenvalue weighted by atomic mass is 9.38. The molecule has 2 bridgehead atoms. The number of ketones is 1. The van der Waals surface area contributed by atoms with Crippen molar-refractivity contribution in [1.82, 2.24) is 0 Å². The number of carbonyl (C=O) groups excluding carboxylic acids is 2. The molecule has 0 aromatic carbocycles. The summed E-state index contributed by atoms with van der Waals surface area (Å²) in [6, 6.07) is 0. The molecule has 35 heavy (non-hydrogen) atoms. The molecule has 196 valence electrons. The number of hydrogen-bond acceptors (Lipinski definition) is 9. The molecule has 4 aliphatic carbocycles. The van der Waals surface area contributed by atoms with E-state index in [4.69, 9.17) is 9.47 Å². The quantitative estimate of drug-likeness (QED) is 0.280. The Morgan fingerprint density at radius 1 is 1.09 bits per heavy atom. The molecule has 1 spiro atoms. The Bertz CT molecular complexity index is 934. The number of aliphatic hydroxyl groups excluding tert-OH is 4. The number of rotatable bonds is 3. The number of hydrogen-bond donors (Lipinski definition) is 5. The van der Waals surface area contributed by atoms with Crippen LogP contribution in [0, 0.1) is 28.1 Å². The second-order valence-corrected chi connectivity index (χ2v) is 12.1. The number of carbonyl (C=O) groups is 2. The van der Waals surface area contributed by atoms with E-state index in [2.05, 4.69) is 6.58 Å². The summed E-state index contributed by atoms with van der Waals surface area (Å²) in [6.45, 7) is 7.24. The van der Waals surface area contributed by atoms with Crippen LogP contribution in [0.5, 0.6) is 0 Å². The smallest absolute Gasteiger partial charge is 0.314 e. The fourth-order valence-electron chi connectivity index (χ4n) is 8.69. The van der Waals surface area contributed by atoms with E-state index in [0.29, 0.717) is 56.9 Å². The lowest BCUT2D eigenvalue weighted by Crippen LogP contribution is -2.70. The normalized spacial score (nSPS) is 53.6. The summed E-state index contributed by atoms with van der Waals surface area (Å²) in [5.74, 6) is -0.782. The third-order valence-electron chi connectivity index (χ3n) is 10.7. The van der Waals surface area contributed by atoms with Gasteiger partial charge in [-0.15, -0.1) is 0 Å². The highest BCUT2D eigenvalue weighted by Crippen LogP contribution is 2.73. The standard InChI is InChI=1S/C26H38O9/c1-13-14-5-10-26(33)24(3)8-4-7-23(2,16(24)6-9-25(26,11-14)20(13)31)22(32)35-21-19(30)18(29)17(28)15(12-27)34-21/h14-19,21,27-30,33H,1,4-12H2,2-3H3/t14-,15-,16-,17-,18+,19-,21+,23-,24-,25+,26-/m0/s1. The zero-order valence-corrected chi connectivity index (χ0v) is 20.5. The van der Waals surface area contributed by atoms with Gasteiger partial charge >= 0.3 is 5.97 Å². The maximum absolute atomic E-state index is 13.7. The van der Waals surface area contributed by atoms with Crippen molar-refractivity contribution in [3.05, 3.63) is 12.2 Å². The second kappa shape index (κ2) is 8.07. The van der Waals surface area contributed by atoms with Gasteiger partial charge in [0.1, 0.15) is 24.4 Å². The van der Waals surface area contributed by atoms with Crippen molar-refractivity contribution in [2.24, 2.45) is 28.1 Å². The van der Waals surface area contributed by atoms with E-state index >= 15 is 0 Å². The van der Waals surface area contributed by atoms with E-state index in [9.17, 15) is 35.1 Å². The first-order chi connectivity index (χ1) is 16.4. The summed E-state index contributed by atoms with van der Waals surface area (Å²) in [5.41, 5.74) is -3.18. The molecule has 1 heterocycles. The first-order valence-electron chi connectivity index (χ1n) is 12.8. The van der Waals surface area contributed by atoms with Gasteiger partial charge in [-0.05, 0) is 69.3 Å². The lowest BCUT2D eigenvalue weighted by Gasteiger charge is -2.66. The first kappa shape index (κ1) is 25.3. The Kier molecular flexibility index (Phi) is 5.83. The van der Waals surface area contributed by atoms with Crippen LogP contribution in [0.25, 0.3) is 0 Å². The number of Topliss-reactive ketones (excluding diaryl/α,β-unsaturated/α-hetero) is 1. The van der Waals surface area contributed by atoms with Crippen molar-refractivity contribution in [1.29, 1.82) is 0 Å². The van der Waals surface area contributed by atoms with Crippen LogP contribution in [0.3, 0.4) is 0 Å². The lowest BCUT2D eigenvalue weighted by molar-refractivity contribution is -0.300. The predicted octanol–water partition coefficient (Wildman–Crippen LogP) is 0.592. The van der Waals surface area contributed by atoms with Crippen molar-refractivity contribution in [3.8, 4) is 0 Å². The summed E-state index contributed by atoms with van der Waals surface area (Å²) in [6.07, 6.45) is -2.86. The number of esters is 1. The van der Waals surface area contributed by atoms with Gasteiger partial charge in [-0.2, -0.15) is 0 Å². The van der Waals surface area contributed by atoms with E-state index in [0.717, 1.165) is 0 Å². The highest BCUT2D eigenvalue weighted by molar-refractivity contribution is 6.04. The second-order valence-electron chi connectivity index (χ2n) is 12.1. The van der Waals surface area contributed by atoms with Crippen molar-refractivity contribution in [3.63, 3.8) is 0 Å². The van der Waals surface area contributed by atoms with Crippen LogP contribution >= 0.6 is 0 Å². The third-order valence-corrected chi connectivity index (χ3v) is 10.7. The highest BCUT2D eigenvalue weighted by Gasteiger charge is 2.75. The molecule has 1 saturated heterocycles. The molecular formula is C26H38O9. The van der Waals surface area contributed by atoms with Crippen molar-refractivity contribution < 1.29 is 44.6 Å². The van der Waals surface area contributed by atoms with Crippen LogP contribution in [-0.4, -0.2) is 80.2 Å². The van der Waals surface area contributed by atoms with Gasteiger partial charge in [-0.25, -0.2) is 0 Å². The largest absolute Gasteiger partial charge is 0.432 e. The van der Waals surface area contributed by atoms with Gasteiger partial charge in [0.05, 0.1) is 23.0 Å². The molecule has 0 radical (unpaired) electrons. The molecule has 5 rings (SSSR count). The molecule has 4 saturated carbocycles. The molecule has 0 unspecified atom stereocenters. The summed E-state index contributed by atoms with van der Waals surface area (Å²) in [4.78, 5) is 27.1. The van der Waals surface area contributed by atoms with Gasteiger partial charge in [0, 0.05) is 5.41 Å². The van der Waals surface area contributed by atoms with E-state index in [1.54, 1.807) is 0 Å². The number of aliphatic hydroxyl groups is 5. The molecular weight excluding hydrogens is 456 g/mol. The average molecular weight is 495 g/mol. The van der Waals surface area contributed by atoms with Gasteiger partial charge in [-0.3, -0.25) is 9.59 Å². The summed E-state index contributed by atoms with van der Waals surface area (Å²) in [7, 11) is 0. The van der Waals surface area contributed by atoms with Crippen LogP contribution in [0.4, 0.5) is 0 Å². The van der Waals surface area contributed by atoms with Crippen LogP contribution in [-0.2, 0) is 19.1 Å². The fraction of sp³-hybridized carbons (Fsp3) is 0.846. The molecule has 5 aliphatic rings. The molecule has 9 nitrogen and oxygen atoms in total. The maximum atomic E-state index is 13.7.